The van der Waals surface area contributed by atoms with Crippen molar-refractivity contribution >= 4 is 35.8 Å². The van der Waals surface area contributed by atoms with E-state index in [1.807, 2.05) is 33.4 Å². The molecule has 0 atom stereocenters. The van der Waals surface area contributed by atoms with Crippen molar-refractivity contribution in [3.63, 3.8) is 0 Å². The largest absolute Gasteiger partial charge is 0.357 e. The molecular weight excluding hydrogens is 467 g/mol. The standard InChI is InChI=1S/C20H36N6O.HI/c1-5-21-19(23-12-8-9-14-26-15-13-22-17(26)2)24-16-20(10-6-7-11-20)18(27)25(3)4;/h13,15H,5-12,14,16H2,1-4H3,(H2,21,23,24);1H. The summed E-state index contributed by atoms with van der Waals surface area (Å²) in [5.41, 5.74) is -0.315. The number of halogens is 1. The van der Waals surface area contributed by atoms with Gasteiger partial charge < -0.3 is 20.1 Å². The summed E-state index contributed by atoms with van der Waals surface area (Å²) in [5, 5.41) is 6.72. The predicted octanol–water partition coefficient (Wildman–Crippen LogP) is 2.79. The third-order valence-electron chi connectivity index (χ3n) is 5.35. The second-order valence-corrected chi connectivity index (χ2v) is 7.68. The molecule has 0 aliphatic heterocycles. The molecule has 1 aliphatic rings. The maximum absolute atomic E-state index is 12.7. The van der Waals surface area contributed by atoms with Gasteiger partial charge in [0.15, 0.2) is 5.96 Å². The molecule has 1 aromatic rings. The molecule has 0 saturated heterocycles. The lowest BCUT2D eigenvalue weighted by Gasteiger charge is -2.29. The molecule has 1 fully saturated rings. The smallest absolute Gasteiger partial charge is 0.230 e. The van der Waals surface area contributed by atoms with E-state index >= 15 is 0 Å². The molecule has 0 radical (unpaired) electrons. The van der Waals surface area contributed by atoms with E-state index in [1.165, 1.54) is 0 Å². The Morgan fingerprint density at radius 1 is 1.29 bits per heavy atom. The second kappa shape index (κ2) is 12.3. The molecule has 0 unspecified atom stereocenters. The van der Waals surface area contributed by atoms with Gasteiger partial charge in [-0.3, -0.25) is 9.79 Å². The number of aryl methyl sites for hydroxylation is 2. The molecule has 2 rings (SSSR count). The summed E-state index contributed by atoms with van der Waals surface area (Å²) in [7, 11) is 3.69. The molecule has 28 heavy (non-hydrogen) atoms. The molecule has 160 valence electrons. The van der Waals surface area contributed by atoms with Gasteiger partial charge in [0.25, 0.3) is 0 Å². The van der Waals surface area contributed by atoms with E-state index in [4.69, 9.17) is 4.99 Å². The molecule has 0 spiro atoms. The van der Waals surface area contributed by atoms with Gasteiger partial charge in [-0.2, -0.15) is 0 Å². The van der Waals surface area contributed by atoms with Crippen LogP contribution < -0.4 is 10.6 Å². The van der Waals surface area contributed by atoms with Gasteiger partial charge in [-0.1, -0.05) is 12.8 Å². The average molecular weight is 504 g/mol. The minimum Gasteiger partial charge on any atom is -0.357 e. The van der Waals surface area contributed by atoms with Crippen molar-refractivity contribution in [1.29, 1.82) is 0 Å². The quantitative estimate of drug-likeness (QED) is 0.235. The lowest BCUT2D eigenvalue weighted by atomic mass is 9.85. The number of carbonyl (C=O) groups excluding carboxylic acids is 1. The van der Waals surface area contributed by atoms with Crippen molar-refractivity contribution in [3.8, 4) is 0 Å². The molecule has 7 nitrogen and oxygen atoms in total. The number of amides is 1. The molecular formula is C20H37IN6O. The number of nitrogens with one attached hydrogen (secondary N) is 2. The number of imidazole rings is 1. The maximum atomic E-state index is 12.7. The number of carbonyl (C=O) groups is 1. The maximum Gasteiger partial charge on any atom is 0.230 e. The van der Waals surface area contributed by atoms with Crippen LogP contribution in [0.3, 0.4) is 0 Å². The van der Waals surface area contributed by atoms with Gasteiger partial charge in [0, 0.05) is 46.1 Å². The first-order valence-electron chi connectivity index (χ1n) is 10.2. The molecule has 0 aromatic carbocycles. The Morgan fingerprint density at radius 2 is 2.00 bits per heavy atom. The van der Waals surface area contributed by atoms with Gasteiger partial charge in [0.2, 0.25) is 5.91 Å². The fourth-order valence-corrected chi connectivity index (χ4v) is 3.79. The zero-order valence-electron chi connectivity index (χ0n) is 17.8. The monoisotopic (exact) mass is 504 g/mol. The van der Waals surface area contributed by atoms with E-state index in [0.717, 1.165) is 69.9 Å². The Morgan fingerprint density at radius 3 is 2.57 bits per heavy atom. The van der Waals surface area contributed by atoms with Crippen LogP contribution >= 0.6 is 24.0 Å². The fraction of sp³-hybridized carbons (Fsp3) is 0.750. The van der Waals surface area contributed by atoms with Gasteiger partial charge in [-0.05, 0) is 39.5 Å². The lowest BCUT2D eigenvalue weighted by Crippen LogP contribution is -2.43. The highest BCUT2D eigenvalue weighted by atomic mass is 127. The number of aliphatic imine (C=N–C) groups is 1. The van der Waals surface area contributed by atoms with Crippen LogP contribution in [0.25, 0.3) is 0 Å². The average Bonchev–Trinajstić information content (AvgIpc) is 3.28. The van der Waals surface area contributed by atoms with Crippen molar-refractivity contribution in [2.24, 2.45) is 10.4 Å². The molecule has 1 aliphatic carbocycles. The van der Waals surface area contributed by atoms with Gasteiger partial charge >= 0.3 is 0 Å². The van der Waals surface area contributed by atoms with Crippen molar-refractivity contribution in [3.05, 3.63) is 18.2 Å². The fourth-order valence-electron chi connectivity index (χ4n) is 3.79. The molecule has 1 heterocycles. The zero-order chi connectivity index (χ0) is 19.7. The van der Waals surface area contributed by atoms with Crippen LogP contribution in [0.15, 0.2) is 17.4 Å². The minimum absolute atomic E-state index is 0. The zero-order valence-corrected chi connectivity index (χ0v) is 20.2. The highest BCUT2D eigenvalue weighted by Gasteiger charge is 2.41. The Kier molecular flexibility index (Phi) is 10.8. The van der Waals surface area contributed by atoms with Crippen LogP contribution in [0, 0.1) is 12.3 Å². The normalized spacial score (nSPS) is 15.8. The van der Waals surface area contributed by atoms with E-state index in [2.05, 4.69) is 27.1 Å². The molecule has 2 N–H and O–H groups in total. The topological polar surface area (TPSA) is 74.6 Å². The van der Waals surface area contributed by atoms with E-state index in [0.29, 0.717) is 6.54 Å². The molecule has 1 amide bonds. The van der Waals surface area contributed by atoms with Crippen molar-refractivity contribution in [2.45, 2.75) is 58.9 Å². The predicted molar refractivity (Wildman–Crippen MR) is 125 cm³/mol. The SMILES string of the molecule is CCNC(=NCC1(C(=O)N(C)C)CCCC1)NCCCCn1ccnc1C.I. The van der Waals surface area contributed by atoms with E-state index in [1.54, 1.807) is 4.90 Å². The van der Waals surface area contributed by atoms with Crippen LogP contribution in [-0.2, 0) is 11.3 Å². The number of rotatable bonds is 9. The Labute approximate surface area is 186 Å². The number of unbranched alkanes of at least 4 members (excludes halogenated alkanes) is 1. The van der Waals surface area contributed by atoms with Crippen LogP contribution in [0.4, 0.5) is 0 Å². The number of hydrogen-bond acceptors (Lipinski definition) is 3. The Hall–Kier alpha value is -1.32. The van der Waals surface area contributed by atoms with E-state index in [-0.39, 0.29) is 35.3 Å². The van der Waals surface area contributed by atoms with Crippen molar-refractivity contribution < 1.29 is 4.79 Å². The van der Waals surface area contributed by atoms with Crippen LogP contribution in [0.2, 0.25) is 0 Å². The van der Waals surface area contributed by atoms with E-state index < -0.39 is 0 Å². The van der Waals surface area contributed by atoms with Crippen LogP contribution in [0.5, 0.6) is 0 Å². The van der Waals surface area contributed by atoms with E-state index in [9.17, 15) is 4.79 Å². The molecule has 1 saturated carbocycles. The number of guanidine groups is 1. The number of hydrogen-bond donors (Lipinski definition) is 2. The van der Waals surface area contributed by atoms with Gasteiger partial charge in [-0.25, -0.2) is 4.98 Å². The summed E-state index contributed by atoms with van der Waals surface area (Å²) in [6, 6.07) is 0. The first-order chi connectivity index (χ1) is 13.0. The van der Waals surface area contributed by atoms with Crippen LogP contribution in [0.1, 0.15) is 51.3 Å². The van der Waals surface area contributed by atoms with Gasteiger partial charge in [-0.15, -0.1) is 24.0 Å². The van der Waals surface area contributed by atoms with Crippen molar-refractivity contribution in [2.75, 3.05) is 33.7 Å². The third kappa shape index (κ3) is 6.93. The molecule has 1 aromatic heterocycles. The highest BCUT2D eigenvalue weighted by Crippen LogP contribution is 2.39. The van der Waals surface area contributed by atoms with Gasteiger partial charge in [0.05, 0.1) is 12.0 Å². The summed E-state index contributed by atoms with van der Waals surface area (Å²) < 4.78 is 2.18. The molecule has 0 bridgehead atoms. The number of nitrogens with zero attached hydrogens (tertiary/aromatic N) is 4. The summed E-state index contributed by atoms with van der Waals surface area (Å²) >= 11 is 0. The minimum atomic E-state index is -0.315. The number of aromatic nitrogens is 2. The Balaban J connectivity index is 0.00000392. The first-order valence-corrected chi connectivity index (χ1v) is 10.2. The molecule has 8 heteroatoms. The first kappa shape index (κ1) is 24.7. The van der Waals surface area contributed by atoms with Gasteiger partial charge in [0.1, 0.15) is 5.82 Å². The second-order valence-electron chi connectivity index (χ2n) is 7.68. The summed E-state index contributed by atoms with van der Waals surface area (Å²) in [6.45, 7) is 7.33. The van der Waals surface area contributed by atoms with Crippen LogP contribution in [-0.4, -0.2) is 60.0 Å². The Bertz CT molecular complexity index is 622. The third-order valence-corrected chi connectivity index (χ3v) is 5.35. The summed E-state index contributed by atoms with van der Waals surface area (Å²) in [4.78, 5) is 23.4. The lowest BCUT2D eigenvalue weighted by molar-refractivity contribution is -0.138. The van der Waals surface area contributed by atoms with Crippen molar-refractivity contribution in [1.82, 2.24) is 25.1 Å². The summed E-state index contributed by atoms with van der Waals surface area (Å²) in [5.74, 6) is 2.09. The summed E-state index contributed by atoms with van der Waals surface area (Å²) in [6.07, 6.45) is 10.1. The highest BCUT2D eigenvalue weighted by molar-refractivity contribution is 14.0.